The van der Waals surface area contributed by atoms with E-state index in [0.29, 0.717) is 17.7 Å². The fraction of sp³-hybridized carbons (Fsp3) is 0.682. The van der Waals surface area contributed by atoms with E-state index < -0.39 is 38.0 Å². The van der Waals surface area contributed by atoms with Gasteiger partial charge in [-0.2, -0.15) is 0 Å². The highest BCUT2D eigenvalue weighted by molar-refractivity contribution is 7.53. The Bertz CT molecular complexity index is 1070. The van der Waals surface area contributed by atoms with Crippen molar-refractivity contribution in [3.8, 4) is 0 Å². The van der Waals surface area contributed by atoms with E-state index in [1.54, 1.807) is 32.3 Å². The molecule has 0 unspecified atom stereocenters. The molecule has 0 fully saturated rings. The Morgan fingerprint density at radius 2 is 1.44 bits per heavy atom. The molecule has 2 atom stereocenters. The van der Waals surface area contributed by atoms with Crippen LogP contribution in [0.5, 0.6) is 0 Å². The number of carbonyl (C=O) groups excluding carboxylic acids is 2. The molecule has 15 nitrogen and oxygen atoms in total. The molecule has 2 heterocycles. The minimum Gasteiger partial charge on any atom is -0.462 e. The fourth-order valence-electron chi connectivity index (χ4n) is 2.89. The van der Waals surface area contributed by atoms with Gasteiger partial charge in [-0.15, -0.1) is 12.4 Å². The number of nitrogens with zero attached hydrogens (tertiary/aromatic N) is 4. The minimum atomic E-state index is -3.83. The van der Waals surface area contributed by atoms with Crippen molar-refractivity contribution in [3.05, 3.63) is 12.7 Å². The number of ether oxygens (including phenoxy) is 3. The van der Waals surface area contributed by atoms with Gasteiger partial charge in [0.05, 0.1) is 26.1 Å². The third kappa shape index (κ3) is 11.0. The molecular weight excluding hydrogens is 557 g/mol. The van der Waals surface area contributed by atoms with E-state index in [1.807, 2.05) is 0 Å². The Balaban J connectivity index is 0.00000760. The van der Waals surface area contributed by atoms with Gasteiger partial charge in [0.2, 0.25) is 0 Å². The quantitative estimate of drug-likeness (QED) is 0.132. The van der Waals surface area contributed by atoms with Crippen molar-refractivity contribution in [2.75, 3.05) is 45.1 Å². The summed E-state index contributed by atoms with van der Waals surface area (Å²) in [4.78, 5) is 36.0. The Morgan fingerprint density at radius 1 is 0.897 bits per heavy atom. The van der Waals surface area contributed by atoms with Crippen molar-refractivity contribution in [1.82, 2.24) is 19.5 Å². The van der Waals surface area contributed by atoms with Crippen molar-refractivity contribution < 1.29 is 37.4 Å². The molecule has 2 aromatic rings. The topological polar surface area (TPSA) is 219 Å². The third-order valence-corrected chi connectivity index (χ3v) is 7.02. The fourth-order valence-corrected chi connectivity index (χ4v) is 4.17. The van der Waals surface area contributed by atoms with E-state index in [9.17, 15) is 14.2 Å². The zero-order chi connectivity index (χ0) is 28.3. The van der Waals surface area contributed by atoms with Crippen molar-refractivity contribution >= 4 is 48.9 Å². The summed E-state index contributed by atoms with van der Waals surface area (Å²) in [5, 5.41) is 0. The van der Waals surface area contributed by atoms with Crippen LogP contribution in [0.15, 0.2) is 12.7 Å². The number of imidazole rings is 1. The maximum absolute atomic E-state index is 13.2. The summed E-state index contributed by atoms with van der Waals surface area (Å²) >= 11 is 0. The van der Waals surface area contributed by atoms with E-state index in [-0.39, 0.29) is 63.1 Å². The van der Waals surface area contributed by atoms with Crippen LogP contribution < -0.4 is 17.2 Å². The van der Waals surface area contributed by atoms with Gasteiger partial charge in [-0.05, 0) is 11.8 Å². The molecule has 39 heavy (non-hydrogen) atoms. The van der Waals surface area contributed by atoms with Gasteiger partial charge < -0.3 is 45.0 Å². The number of rotatable bonds is 17. The average Bonchev–Trinajstić information content (AvgIpc) is 3.30. The van der Waals surface area contributed by atoms with E-state index in [0.717, 1.165) is 0 Å². The Kier molecular flexibility index (Phi) is 14.8. The van der Waals surface area contributed by atoms with Crippen LogP contribution in [-0.2, 0) is 44.0 Å². The number of halogens is 1. The molecular formula is C22H39ClN7O8P. The zero-order valence-electron chi connectivity index (χ0n) is 22.6. The third-order valence-electron chi connectivity index (χ3n) is 5.37. The molecule has 17 heteroatoms. The molecule has 2 rings (SSSR count). The summed E-state index contributed by atoms with van der Waals surface area (Å²) < 4.78 is 41.5. The first kappa shape index (κ1) is 34.6. The first-order valence-corrected chi connectivity index (χ1v) is 13.9. The Hall–Kier alpha value is -2.39. The Morgan fingerprint density at radius 3 is 1.95 bits per heavy atom. The van der Waals surface area contributed by atoms with Crippen LogP contribution in [0.1, 0.15) is 27.7 Å². The highest BCUT2D eigenvalue weighted by atomic mass is 35.5. The smallest absolute Gasteiger partial charge is 0.356 e. The lowest BCUT2D eigenvalue weighted by atomic mass is 10.1. The first-order chi connectivity index (χ1) is 17.9. The lowest BCUT2D eigenvalue weighted by molar-refractivity contribution is -0.147. The molecule has 0 saturated carbocycles. The van der Waals surface area contributed by atoms with Gasteiger partial charge in [0.1, 0.15) is 43.5 Å². The number of fused-ring (bicyclic) bond motifs is 1. The highest BCUT2D eigenvalue weighted by Crippen LogP contribution is 2.48. The van der Waals surface area contributed by atoms with Crippen LogP contribution in [-0.4, -0.2) is 82.9 Å². The van der Waals surface area contributed by atoms with Gasteiger partial charge in [0.25, 0.3) is 0 Å². The molecule has 0 bridgehead atoms. The number of nitrogen functional groups attached to an aromatic ring is 1. The number of carbonyl (C=O) groups is 2. The molecule has 0 saturated heterocycles. The number of anilines is 1. The van der Waals surface area contributed by atoms with Crippen LogP contribution in [0.3, 0.4) is 0 Å². The second-order valence-corrected chi connectivity index (χ2v) is 11.1. The van der Waals surface area contributed by atoms with E-state index in [2.05, 4.69) is 15.0 Å². The largest absolute Gasteiger partial charge is 0.462 e. The van der Waals surface area contributed by atoms with Crippen LogP contribution in [0.2, 0.25) is 0 Å². The van der Waals surface area contributed by atoms with Gasteiger partial charge in [0.15, 0.2) is 11.5 Å². The van der Waals surface area contributed by atoms with Crippen LogP contribution in [0, 0.1) is 11.8 Å². The predicted octanol–water partition coefficient (Wildman–Crippen LogP) is 1.08. The summed E-state index contributed by atoms with van der Waals surface area (Å²) in [5.41, 5.74) is 18.3. The maximum atomic E-state index is 13.2. The number of hydrogen-bond donors (Lipinski definition) is 3. The highest BCUT2D eigenvalue weighted by Gasteiger charge is 2.27. The Labute approximate surface area is 233 Å². The van der Waals surface area contributed by atoms with Gasteiger partial charge in [-0.1, -0.05) is 27.7 Å². The summed E-state index contributed by atoms with van der Waals surface area (Å²) in [6.07, 6.45) is 2.46. The van der Waals surface area contributed by atoms with E-state index >= 15 is 0 Å². The monoisotopic (exact) mass is 595 g/mol. The van der Waals surface area contributed by atoms with Crippen molar-refractivity contribution in [1.29, 1.82) is 0 Å². The van der Waals surface area contributed by atoms with Crippen molar-refractivity contribution in [2.24, 2.45) is 23.3 Å². The summed E-state index contributed by atoms with van der Waals surface area (Å²) in [5.74, 6) is -1.14. The van der Waals surface area contributed by atoms with Gasteiger partial charge in [0, 0.05) is 6.54 Å². The summed E-state index contributed by atoms with van der Waals surface area (Å²) in [7, 11) is -3.83. The number of esters is 2. The van der Waals surface area contributed by atoms with Crippen molar-refractivity contribution in [3.63, 3.8) is 0 Å². The number of hydrogen-bond acceptors (Lipinski definition) is 14. The molecule has 6 N–H and O–H groups in total. The average molecular weight is 596 g/mol. The normalized spacial score (nSPS) is 13.3. The molecule has 0 aliphatic rings. The van der Waals surface area contributed by atoms with Crippen LogP contribution >= 0.6 is 20.0 Å². The molecule has 222 valence electrons. The van der Waals surface area contributed by atoms with Crippen LogP contribution in [0.4, 0.5) is 5.82 Å². The molecule has 0 amide bonds. The number of nitrogens with two attached hydrogens (primary N) is 3. The lowest BCUT2D eigenvalue weighted by Gasteiger charge is -2.20. The van der Waals surface area contributed by atoms with E-state index in [1.165, 1.54) is 12.7 Å². The second-order valence-electron chi connectivity index (χ2n) is 9.06. The molecule has 0 aliphatic heterocycles. The second kappa shape index (κ2) is 16.7. The predicted molar refractivity (Wildman–Crippen MR) is 145 cm³/mol. The molecule has 2 aromatic heterocycles. The molecule has 0 aromatic carbocycles. The van der Waals surface area contributed by atoms with Gasteiger partial charge in [-0.3, -0.25) is 14.2 Å². The lowest BCUT2D eigenvalue weighted by Crippen LogP contribution is -2.37. The molecule has 0 aliphatic carbocycles. The molecule has 0 radical (unpaired) electrons. The summed E-state index contributed by atoms with van der Waals surface area (Å²) in [6, 6.07) is -1.57. The SMILES string of the molecule is CC(C)[C@H](N)C(=O)OCCOP(=O)(COCCn1cnc2c(N)ncnc21)OCCOC(=O)[C@@H](N)C(C)C.Cl. The minimum absolute atomic E-state index is 0. The van der Waals surface area contributed by atoms with Gasteiger partial charge >= 0.3 is 19.5 Å². The molecule has 0 spiro atoms. The maximum Gasteiger partial charge on any atom is 0.356 e. The van der Waals surface area contributed by atoms with E-state index in [4.69, 9.17) is 40.5 Å². The standard InChI is InChI=1S/C22H38N7O8P.ClH/c1-14(2)16(23)21(30)34-7-9-36-38(32,37-10-8-35-22(31)17(24)15(3)4)13-33-6-5-29-12-28-18-19(25)26-11-27-20(18)29;/h11-12,14-17H,5-10,13,23-24H2,1-4H3,(H2,25,26,27);1H/t16-,17-;/m0./s1. The van der Waals surface area contributed by atoms with Crippen molar-refractivity contribution in [2.45, 2.75) is 46.3 Å². The van der Waals surface area contributed by atoms with Crippen LogP contribution in [0.25, 0.3) is 11.2 Å². The van der Waals surface area contributed by atoms with Gasteiger partial charge in [-0.25, -0.2) is 15.0 Å². The summed E-state index contributed by atoms with van der Waals surface area (Å²) in [6.45, 7) is 6.77. The number of aromatic nitrogens is 4. The zero-order valence-corrected chi connectivity index (χ0v) is 24.3. The first-order valence-electron chi connectivity index (χ1n) is 12.2.